The van der Waals surface area contributed by atoms with Crippen LogP contribution in [0.3, 0.4) is 0 Å². The maximum absolute atomic E-state index is 5.76. The first-order valence-corrected chi connectivity index (χ1v) is 6.53. The van der Waals surface area contributed by atoms with Gasteiger partial charge in [0.25, 0.3) is 0 Å². The first kappa shape index (κ1) is 11.7. The molecule has 1 unspecified atom stereocenters. The minimum Gasteiger partial charge on any atom is -0.322 e. The number of aryl methyl sites for hydroxylation is 2. The zero-order valence-corrected chi connectivity index (χ0v) is 11.2. The van der Waals surface area contributed by atoms with Crippen molar-refractivity contribution in [2.75, 3.05) is 0 Å². The molecule has 16 heavy (non-hydrogen) atoms. The summed E-state index contributed by atoms with van der Waals surface area (Å²) >= 11 is 5.17. The maximum atomic E-state index is 5.76. The second-order valence-corrected chi connectivity index (χ2v) is 6.05. The molecule has 1 atom stereocenters. The molecule has 0 saturated carbocycles. The number of thiophene rings is 1. The van der Waals surface area contributed by atoms with Gasteiger partial charge in [0, 0.05) is 17.8 Å². The molecule has 0 amide bonds. The normalized spacial score (nSPS) is 12.9. The average Bonchev–Trinajstić information content (AvgIpc) is 2.83. The highest BCUT2D eigenvalue weighted by Crippen LogP contribution is 2.22. The lowest BCUT2D eigenvalue weighted by atomic mass is 10.3. The van der Waals surface area contributed by atoms with Gasteiger partial charge in [-0.2, -0.15) is 0 Å². The van der Waals surface area contributed by atoms with Crippen molar-refractivity contribution in [1.82, 2.24) is 20.2 Å². The van der Waals surface area contributed by atoms with Crippen molar-refractivity contribution >= 4 is 27.3 Å². The summed E-state index contributed by atoms with van der Waals surface area (Å²) in [7, 11) is 0. The van der Waals surface area contributed by atoms with Crippen LogP contribution in [0.1, 0.15) is 23.7 Å². The van der Waals surface area contributed by atoms with Crippen LogP contribution >= 0.6 is 27.3 Å². The summed E-state index contributed by atoms with van der Waals surface area (Å²) in [5.74, 6) is 0.732. The van der Waals surface area contributed by atoms with Crippen LogP contribution in [0.2, 0.25) is 0 Å². The fourth-order valence-electron chi connectivity index (χ4n) is 1.40. The van der Waals surface area contributed by atoms with Gasteiger partial charge in [-0.3, -0.25) is 0 Å². The molecular weight excluding hydrogens is 290 g/mol. The molecule has 0 aliphatic rings. The summed E-state index contributed by atoms with van der Waals surface area (Å²) in [5.41, 5.74) is 5.76. The Morgan fingerprint density at radius 2 is 2.38 bits per heavy atom. The van der Waals surface area contributed by atoms with Crippen LogP contribution in [-0.2, 0) is 13.0 Å². The van der Waals surface area contributed by atoms with E-state index in [1.807, 2.05) is 13.0 Å². The number of nitrogens with two attached hydrogens (primary N) is 1. The SMILES string of the molecule is CC(N)c1nnnn1CCc1ccc(Br)s1. The van der Waals surface area contributed by atoms with Gasteiger partial charge in [0.1, 0.15) is 0 Å². The van der Waals surface area contributed by atoms with E-state index in [9.17, 15) is 0 Å². The van der Waals surface area contributed by atoms with Crippen LogP contribution in [0.25, 0.3) is 0 Å². The number of aromatic nitrogens is 4. The van der Waals surface area contributed by atoms with Crippen LogP contribution in [0.15, 0.2) is 15.9 Å². The van der Waals surface area contributed by atoms with Crippen molar-refractivity contribution in [1.29, 1.82) is 0 Å². The molecule has 2 aromatic heterocycles. The number of halogens is 1. The molecule has 5 nitrogen and oxygen atoms in total. The molecule has 0 spiro atoms. The Kier molecular flexibility index (Phi) is 3.67. The van der Waals surface area contributed by atoms with Crippen LogP contribution in [0.5, 0.6) is 0 Å². The monoisotopic (exact) mass is 301 g/mol. The third kappa shape index (κ3) is 2.66. The molecule has 0 aromatic carbocycles. The highest BCUT2D eigenvalue weighted by atomic mass is 79.9. The van der Waals surface area contributed by atoms with E-state index >= 15 is 0 Å². The number of nitrogens with zero attached hydrogens (tertiary/aromatic N) is 4. The predicted octanol–water partition coefficient (Wildman–Crippen LogP) is 1.76. The zero-order chi connectivity index (χ0) is 11.5. The topological polar surface area (TPSA) is 69.6 Å². The smallest absolute Gasteiger partial charge is 0.167 e. The lowest BCUT2D eigenvalue weighted by Gasteiger charge is -2.05. The van der Waals surface area contributed by atoms with Gasteiger partial charge >= 0.3 is 0 Å². The van der Waals surface area contributed by atoms with E-state index in [0.29, 0.717) is 0 Å². The zero-order valence-electron chi connectivity index (χ0n) is 8.80. The van der Waals surface area contributed by atoms with E-state index in [1.54, 1.807) is 16.0 Å². The van der Waals surface area contributed by atoms with Crippen molar-refractivity contribution < 1.29 is 0 Å². The molecule has 2 heterocycles. The predicted molar refractivity (Wildman–Crippen MR) is 66.1 cm³/mol. The number of hydrogen-bond donors (Lipinski definition) is 1. The van der Waals surface area contributed by atoms with E-state index in [0.717, 1.165) is 22.6 Å². The highest BCUT2D eigenvalue weighted by Gasteiger charge is 2.10. The Bertz CT molecular complexity index is 464. The quantitative estimate of drug-likeness (QED) is 0.934. The van der Waals surface area contributed by atoms with Crippen molar-refractivity contribution in [2.24, 2.45) is 5.73 Å². The average molecular weight is 302 g/mol. The van der Waals surface area contributed by atoms with Gasteiger partial charge < -0.3 is 5.73 Å². The fraction of sp³-hybridized carbons (Fsp3) is 0.444. The Morgan fingerprint density at radius 1 is 1.56 bits per heavy atom. The lowest BCUT2D eigenvalue weighted by Crippen LogP contribution is -2.15. The first-order valence-electron chi connectivity index (χ1n) is 4.92. The van der Waals surface area contributed by atoms with Crippen molar-refractivity contribution in [3.05, 3.63) is 26.6 Å². The lowest BCUT2D eigenvalue weighted by molar-refractivity contribution is 0.545. The van der Waals surface area contributed by atoms with E-state index in [-0.39, 0.29) is 6.04 Å². The van der Waals surface area contributed by atoms with Gasteiger partial charge in [-0.1, -0.05) is 0 Å². The Labute approximate surface area is 106 Å². The third-order valence-corrected chi connectivity index (χ3v) is 3.85. The molecule has 2 N–H and O–H groups in total. The number of rotatable bonds is 4. The summed E-state index contributed by atoms with van der Waals surface area (Å²) in [4.78, 5) is 1.30. The minimum absolute atomic E-state index is 0.134. The maximum Gasteiger partial charge on any atom is 0.167 e. The molecule has 2 rings (SSSR count). The molecule has 2 aromatic rings. The molecule has 0 bridgehead atoms. The molecular formula is C9H12BrN5S. The summed E-state index contributed by atoms with van der Waals surface area (Å²) in [6.07, 6.45) is 0.918. The number of hydrogen-bond acceptors (Lipinski definition) is 5. The minimum atomic E-state index is -0.134. The second kappa shape index (κ2) is 5.03. The Balaban J connectivity index is 2.02. The van der Waals surface area contributed by atoms with Gasteiger partial charge in [-0.05, 0) is 45.4 Å². The van der Waals surface area contributed by atoms with Crippen molar-refractivity contribution in [3.63, 3.8) is 0 Å². The van der Waals surface area contributed by atoms with Crippen molar-refractivity contribution in [3.8, 4) is 0 Å². The second-order valence-electron chi connectivity index (χ2n) is 3.50. The van der Waals surface area contributed by atoms with E-state index in [4.69, 9.17) is 5.73 Å². The van der Waals surface area contributed by atoms with Crippen LogP contribution < -0.4 is 5.73 Å². The Morgan fingerprint density at radius 3 is 3.00 bits per heavy atom. The molecule has 0 aliphatic heterocycles. The van der Waals surface area contributed by atoms with Crippen LogP contribution in [-0.4, -0.2) is 20.2 Å². The Hall–Kier alpha value is -0.790. The summed E-state index contributed by atoms with van der Waals surface area (Å²) in [6, 6.07) is 4.02. The van der Waals surface area contributed by atoms with Gasteiger partial charge in [0.2, 0.25) is 0 Å². The molecule has 0 saturated heterocycles. The van der Waals surface area contributed by atoms with Gasteiger partial charge in [0.05, 0.1) is 9.83 Å². The summed E-state index contributed by atoms with van der Waals surface area (Å²) < 4.78 is 2.91. The van der Waals surface area contributed by atoms with Crippen molar-refractivity contribution in [2.45, 2.75) is 25.9 Å². The molecule has 0 fully saturated rings. The highest BCUT2D eigenvalue weighted by molar-refractivity contribution is 9.11. The van der Waals surface area contributed by atoms with E-state index < -0.39 is 0 Å². The van der Waals surface area contributed by atoms with Crippen LogP contribution in [0, 0.1) is 0 Å². The molecule has 0 radical (unpaired) electrons. The first-order chi connectivity index (χ1) is 7.66. The van der Waals surface area contributed by atoms with Gasteiger partial charge in [-0.15, -0.1) is 16.4 Å². The summed E-state index contributed by atoms with van der Waals surface area (Å²) in [6.45, 7) is 2.64. The molecule has 7 heteroatoms. The van der Waals surface area contributed by atoms with E-state index in [1.165, 1.54) is 4.88 Å². The fourth-order valence-corrected chi connectivity index (χ4v) is 2.87. The van der Waals surface area contributed by atoms with Gasteiger partial charge in [-0.25, -0.2) is 4.68 Å². The summed E-state index contributed by atoms with van der Waals surface area (Å²) in [5, 5.41) is 11.5. The molecule has 86 valence electrons. The van der Waals surface area contributed by atoms with E-state index in [2.05, 4.69) is 37.5 Å². The molecule has 0 aliphatic carbocycles. The van der Waals surface area contributed by atoms with Crippen LogP contribution in [0.4, 0.5) is 0 Å². The standard InChI is InChI=1S/C9H12BrN5S/c1-6(11)9-12-13-14-15(9)5-4-7-2-3-8(10)16-7/h2-3,6H,4-5,11H2,1H3. The third-order valence-electron chi connectivity index (χ3n) is 2.17. The largest absolute Gasteiger partial charge is 0.322 e. The van der Waals surface area contributed by atoms with Gasteiger partial charge in [0.15, 0.2) is 5.82 Å². The number of tetrazole rings is 1.